The largest absolute Gasteiger partial charge is 0.355 e. The van der Waals surface area contributed by atoms with Crippen molar-refractivity contribution in [1.82, 2.24) is 20.4 Å². The maximum atomic E-state index is 14.2. The second kappa shape index (κ2) is 20.6. The highest BCUT2D eigenvalue weighted by Gasteiger charge is 2.49. The molecule has 2 saturated heterocycles. The first-order valence-corrected chi connectivity index (χ1v) is 23.9. The van der Waals surface area contributed by atoms with Crippen molar-refractivity contribution in [2.24, 2.45) is 29.6 Å². The maximum absolute atomic E-state index is 14.2. The number of carbonyl (C=O) groups excluding carboxylic acids is 6. The average molecular weight is 919 g/mol. The molecule has 4 amide bonds. The Bertz CT molecular complexity index is 2480. The van der Waals surface area contributed by atoms with Gasteiger partial charge in [-0.1, -0.05) is 84.9 Å². The van der Waals surface area contributed by atoms with Crippen LogP contribution >= 0.6 is 0 Å². The van der Waals surface area contributed by atoms with E-state index in [9.17, 15) is 37.5 Å². The third kappa shape index (κ3) is 11.0. The molecule has 0 spiro atoms. The number of benzene rings is 5. The topological polar surface area (TPSA) is 133 Å². The first-order chi connectivity index (χ1) is 33.0. The predicted octanol–water partition coefficient (Wildman–Crippen LogP) is 7.73. The van der Waals surface area contributed by atoms with Crippen LogP contribution < -0.4 is 10.6 Å². The van der Waals surface area contributed by atoms with Crippen molar-refractivity contribution in [2.45, 2.75) is 62.8 Å². The van der Waals surface area contributed by atoms with Crippen LogP contribution in [0.5, 0.6) is 0 Å². The van der Waals surface area contributed by atoms with E-state index in [-0.39, 0.29) is 109 Å². The van der Waals surface area contributed by atoms with E-state index in [1.54, 1.807) is 53.4 Å². The van der Waals surface area contributed by atoms with Crippen molar-refractivity contribution >= 4 is 35.2 Å². The zero-order valence-corrected chi connectivity index (χ0v) is 37.9. The Hall–Kier alpha value is -6.82. The zero-order chi connectivity index (χ0) is 47.3. The summed E-state index contributed by atoms with van der Waals surface area (Å²) in [5.74, 6) is -4.31. The lowest BCUT2D eigenvalue weighted by Crippen LogP contribution is -2.39. The number of amides is 4. The fourth-order valence-electron chi connectivity index (χ4n) is 10.4. The van der Waals surface area contributed by atoms with E-state index in [1.807, 2.05) is 36.4 Å². The summed E-state index contributed by atoms with van der Waals surface area (Å²) >= 11 is 0. The molecule has 0 bridgehead atoms. The molecule has 4 fully saturated rings. The minimum atomic E-state index is -0.796. The van der Waals surface area contributed by atoms with Crippen LogP contribution in [0.2, 0.25) is 0 Å². The second-order valence-corrected chi connectivity index (χ2v) is 19.1. The van der Waals surface area contributed by atoms with Crippen LogP contribution in [0, 0.1) is 41.2 Å². The van der Waals surface area contributed by atoms with Crippen LogP contribution in [0.1, 0.15) is 86.9 Å². The normalized spacial score (nSPS) is 23.7. The van der Waals surface area contributed by atoms with Crippen molar-refractivity contribution in [3.8, 4) is 0 Å². The Kier molecular flexibility index (Phi) is 14.0. The third-order valence-electron chi connectivity index (χ3n) is 14.5. The van der Waals surface area contributed by atoms with Crippen LogP contribution in [0.25, 0.3) is 0 Å². The highest BCUT2D eigenvalue weighted by atomic mass is 19.1. The number of likely N-dealkylation sites (tertiary alicyclic amines) is 2. The minimum Gasteiger partial charge on any atom is -0.355 e. The molecule has 2 heterocycles. The van der Waals surface area contributed by atoms with Gasteiger partial charge in [0.25, 0.3) is 11.8 Å². The molecule has 2 saturated carbocycles. The Labute approximate surface area is 395 Å². The quantitative estimate of drug-likeness (QED) is 0.0926. The molecule has 10 nitrogen and oxygen atoms in total. The summed E-state index contributed by atoms with van der Waals surface area (Å²) < 4.78 is 26.9. The van der Waals surface area contributed by atoms with Crippen LogP contribution in [0.4, 0.5) is 8.78 Å². The summed E-state index contributed by atoms with van der Waals surface area (Å²) in [6.07, 6.45) is 3.75. The Morgan fingerprint density at radius 2 is 1.00 bits per heavy atom. The molecular weight excluding hydrogens is 863 g/mol. The van der Waals surface area contributed by atoms with Crippen molar-refractivity contribution in [3.05, 3.63) is 178 Å². The molecule has 0 aromatic heterocycles. The second-order valence-electron chi connectivity index (χ2n) is 19.1. The fraction of sp³-hybridized carbons (Fsp3) is 0.357. The van der Waals surface area contributed by atoms with E-state index in [0.29, 0.717) is 37.2 Å². The molecule has 2 aliphatic carbocycles. The summed E-state index contributed by atoms with van der Waals surface area (Å²) in [6, 6.07) is 38.5. The van der Waals surface area contributed by atoms with Crippen LogP contribution in [-0.4, -0.2) is 83.8 Å². The molecule has 350 valence electrons. The van der Waals surface area contributed by atoms with Crippen LogP contribution in [0.3, 0.4) is 0 Å². The number of nitrogens with zero attached hydrogens (tertiary/aromatic N) is 2. The highest BCUT2D eigenvalue weighted by Crippen LogP contribution is 2.50. The number of rotatable bonds is 18. The molecule has 5 aromatic carbocycles. The Balaban J connectivity index is 0.849. The lowest BCUT2D eigenvalue weighted by Gasteiger charge is -2.18. The summed E-state index contributed by atoms with van der Waals surface area (Å²) in [4.78, 5) is 86.8. The number of aryl methyl sites for hydroxylation is 1. The molecule has 12 heteroatoms. The van der Waals surface area contributed by atoms with E-state index in [1.165, 1.54) is 34.7 Å². The SMILES string of the molecule is O=C(CCCc1ccc(F)cc1)[C@@H]1CN(C(=O)c2ccc(C(=O)N3C[C@@H](C(=O)CC4C[C@@H]4c4ccccc4)[C@H](C(=O)NC4C[C@@H]4c4ccccc4)C3)cc2)C[C@H]1C(=O)NCCc1ccc(F)cc1. The predicted molar refractivity (Wildman–Crippen MR) is 252 cm³/mol. The smallest absolute Gasteiger partial charge is 0.253 e. The number of ketones is 2. The van der Waals surface area contributed by atoms with Crippen LogP contribution in [0.15, 0.2) is 133 Å². The van der Waals surface area contributed by atoms with Gasteiger partial charge < -0.3 is 20.4 Å². The van der Waals surface area contributed by atoms with E-state index in [0.717, 1.165) is 29.5 Å². The van der Waals surface area contributed by atoms with Gasteiger partial charge in [-0.2, -0.15) is 0 Å². The van der Waals surface area contributed by atoms with E-state index in [2.05, 4.69) is 34.9 Å². The number of halogens is 2. The van der Waals surface area contributed by atoms with Crippen molar-refractivity contribution in [2.75, 3.05) is 32.7 Å². The minimum absolute atomic E-state index is 0.00428. The molecule has 9 rings (SSSR count). The van der Waals surface area contributed by atoms with Gasteiger partial charge in [0.1, 0.15) is 23.2 Å². The Morgan fingerprint density at radius 3 is 1.56 bits per heavy atom. The van der Waals surface area contributed by atoms with Gasteiger partial charge in [-0.25, -0.2) is 8.78 Å². The van der Waals surface area contributed by atoms with Gasteiger partial charge in [-0.15, -0.1) is 0 Å². The Morgan fingerprint density at radius 1 is 0.515 bits per heavy atom. The van der Waals surface area contributed by atoms with Crippen molar-refractivity contribution < 1.29 is 37.5 Å². The molecule has 68 heavy (non-hydrogen) atoms. The van der Waals surface area contributed by atoms with Gasteiger partial charge in [0.15, 0.2) is 0 Å². The molecule has 2 unspecified atom stereocenters. The lowest BCUT2D eigenvalue weighted by molar-refractivity contribution is -0.132. The summed E-state index contributed by atoms with van der Waals surface area (Å²) in [6.45, 7) is 0.530. The van der Waals surface area contributed by atoms with E-state index < -0.39 is 23.7 Å². The number of nitrogens with one attached hydrogen (secondary N) is 2. The van der Waals surface area contributed by atoms with Gasteiger partial charge in [0.2, 0.25) is 11.8 Å². The van der Waals surface area contributed by atoms with Gasteiger partial charge >= 0.3 is 0 Å². The third-order valence-corrected chi connectivity index (χ3v) is 14.5. The van der Waals surface area contributed by atoms with E-state index in [4.69, 9.17) is 0 Å². The summed E-state index contributed by atoms with van der Waals surface area (Å²) in [5, 5.41) is 6.12. The van der Waals surface area contributed by atoms with Crippen molar-refractivity contribution in [3.63, 3.8) is 0 Å². The summed E-state index contributed by atoms with van der Waals surface area (Å²) in [7, 11) is 0. The molecule has 5 aromatic rings. The highest BCUT2D eigenvalue weighted by molar-refractivity contribution is 6.00. The molecule has 0 radical (unpaired) electrons. The van der Waals surface area contributed by atoms with Crippen LogP contribution in [-0.2, 0) is 32.0 Å². The number of carbonyl (C=O) groups is 6. The molecule has 4 aliphatic rings. The lowest BCUT2D eigenvalue weighted by atomic mass is 9.88. The van der Waals surface area contributed by atoms with Gasteiger partial charge in [-0.05, 0) is 115 Å². The maximum Gasteiger partial charge on any atom is 0.253 e. The van der Waals surface area contributed by atoms with Gasteiger partial charge in [0.05, 0.1) is 11.8 Å². The first kappa shape index (κ1) is 46.3. The standard InChI is InChI=1S/C56H56F2N4O6/c57-42-22-14-35(15-23-42)8-7-13-51(63)46-31-61(33-48(46)53(65)59-27-26-36-16-24-43(58)25-17-36)55(67)39-18-20-40(21-19-39)56(68)62-32-47(52(64)29-41-28-44(41)37-9-3-1-4-10-37)49(34-62)54(66)60-50-30-45(50)38-11-5-2-6-12-38/h1-6,9-12,14-25,41,44-50H,7-8,13,26-34H2,(H,59,65)(H,60,66)/t41?,44-,45-,46-,47-,48-,49-,50?/m1/s1. The van der Waals surface area contributed by atoms with Gasteiger partial charge in [0, 0.05) is 80.5 Å². The molecule has 2 N–H and O–H groups in total. The number of hydrogen-bond acceptors (Lipinski definition) is 6. The zero-order valence-electron chi connectivity index (χ0n) is 37.9. The van der Waals surface area contributed by atoms with Gasteiger partial charge in [-0.3, -0.25) is 28.8 Å². The monoisotopic (exact) mass is 918 g/mol. The number of hydrogen-bond donors (Lipinski definition) is 2. The van der Waals surface area contributed by atoms with E-state index >= 15 is 0 Å². The average Bonchev–Trinajstić information content (AvgIpc) is 4.20. The first-order valence-electron chi connectivity index (χ1n) is 23.9. The van der Waals surface area contributed by atoms with Crippen molar-refractivity contribution in [1.29, 1.82) is 0 Å². The number of Topliss-reactive ketones (excluding diaryl/α,β-unsaturated/α-hetero) is 2. The molecular formula is C56H56F2N4O6. The summed E-state index contributed by atoms with van der Waals surface area (Å²) in [5.41, 5.74) is 4.68. The fourth-order valence-corrected chi connectivity index (χ4v) is 10.4. The molecule has 8 atom stereocenters. The molecule has 2 aliphatic heterocycles.